The van der Waals surface area contributed by atoms with Crippen LogP contribution in [0.3, 0.4) is 0 Å². The van der Waals surface area contributed by atoms with E-state index in [0.29, 0.717) is 5.56 Å². The van der Waals surface area contributed by atoms with Gasteiger partial charge in [-0.15, -0.1) is 0 Å². The molecule has 2 rings (SSSR count). The number of aliphatic hydroxyl groups excluding tert-OH is 2. The van der Waals surface area contributed by atoms with Gasteiger partial charge in [-0.2, -0.15) is 0 Å². The molecule has 1 aliphatic carbocycles. The number of aliphatic carboxylic acids is 1. The summed E-state index contributed by atoms with van der Waals surface area (Å²) in [5.74, 6) is -2.92. The van der Waals surface area contributed by atoms with Crippen molar-refractivity contribution in [1.29, 1.82) is 0 Å². The van der Waals surface area contributed by atoms with Crippen LogP contribution < -0.4 is 5.32 Å². The Labute approximate surface area is 142 Å². The van der Waals surface area contributed by atoms with Crippen molar-refractivity contribution in [3.63, 3.8) is 0 Å². The van der Waals surface area contributed by atoms with E-state index in [1.54, 1.807) is 0 Å². The number of carbonyl (C=O) groups is 2. The Morgan fingerprint density at radius 2 is 1.84 bits per heavy atom. The Hall–Kier alpha value is -2.62. The lowest BCUT2D eigenvalue weighted by Gasteiger charge is -2.39. The van der Waals surface area contributed by atoms with E-state index in [1.165, 1.54) is 24.3 Å². The molecule has 0 heterocycles. The van der Waals surface area contributed by atoms with Crippen molar-refractivity contribution >= 4 is 18.0 Å². The van der Waals surface area contributed by atoms with Gasteiger partial charge in [0.1, 0.15) is 6.10 Å². The van der Waals surface area contributed by atoms with Gasteiger partial charge in [-0.05, 0) is 23.8 Å². The average Bonchev–Trinajstić information content (AvgIpc) is 2.53. The van der Waals surface area contributed by atoms with Crippen LogP contribution in [0.2, 0.25) is 0 Å². The summed E-state index contributed by atoms with van der Waals surface area (Å²) < 4.78 is 0. The van der Waals surface area contributed by atoms with E-state index in [9.17, 15) is 35.1 Å². The predicted molar refractivity (Wildman–Crippen MR) is 84.6 cm³/mol. The maximum absolute atomic E-state index is 11.9. The van der Waals surface area contributed by atoms with Gasteiger partial charge in [-0.1, -0.05) is 6.07 Å². The highest BCUT2D eigenvalue weighted by atomic mass is 16.4. The van der Waals surface area contributed by atoms with E-state index in [2.05, 4.69) is 5.32 Å². The first-order chi connectivity index (χ1) is 11.6. The van der Waals surface area contributed by atoms with E-state index < -0.39 is 48.6 Å². The van der Waals surface area contributed by atoms with Crippen LogP contribution in [0, 0.1) is 0 Å². The van der Waals surface area contributed by atoms with Crippen molar-refractivity contribution in [2.75, 3.05) is 0 Å². The Morgan fingerprint density at radius 3 is 2.44 bits per heavy atom. The fraction of sp³-hybridized carbons (Fsp3) is 0.375. The van der Waals surface area contributed by atoms with Gasteiger partial charge in [0.25, 0.3) is 0 Å². The SMILES string of the molecule is O=C(/C=C/c1ccc(O)c(O)c1)N[C@H]1C[C@](O)(C(=O)O)C[C@@H](O)[C@H]1O. The molecule has 1 saturated carbocycles. The summed E-state index contributed by atoms with van der Waals surface area (Å²) in [5, 5.41) is 59.6. The Bertz CT molecular complexity index is 703. The molecule has 25 heavy (non-hydrogen) atoms. The number of aliphatic hydroxyl groups is 3. The minimum absolute atomic E-state index is 0.311. The first-order valence-corrected chi connectivity index (χ1v) is 7.45. The number of amides is 1. The van der Waals surface area contributed by atoms with Crippen LogP contribution >= 0.6 is 0 Å². The van der Waals surface area contributed by atoms with Crippen molar-refractivity contribution in [3.8, 4) is 11.5 Å². The van der Waals surface area contributed by atoms with Crippen LogP contribution in [0.4, 0.5) is 0 Å². The second-order valence-electron chi connectivity index (χ2n) is 6.00. The van der Waals surface area contributed by atoms with E-state index in [4.69, 9.17) is 5.11 Å². The fourth-order valence-electron chi connectivity index (χ4n) is 2.66. The molecule has 1 aliphatic rings. The van der Waals surface area contributed by atoms with E-state index in [1.807, 2.05) is 0 Å². The number of carboxylic acids is 1. The maximum atomic E-state index is 11.9. The molecule has 9 heteroatoms. The smallest absolute Gasteiger partial charge is 0.335 e. The lowest BCUT2D eigenvalue weighted by atomic mass is 9.78. The molecular formula is C16H19NO8. The van der Waals surface area contributed by atoms with Gasteiger partial charge in [-0.25, -0.2) is 4.79 Å². The number of hydrogen-bond acceptors (Lipinski definition) is 7. The molecule has 1 aromatic carbocycles. The largest absolute Gasteiger partial charge is 0.504 e. The van der Waals surface area contributed by atoms with E-state index in [-0.39, 0.29) is 11.5 Å². The zero-order valence-corrected chi connectivity index (χ0v) is 13.0. The summed E-state index contributed by atoms with van der Waals surface area (Å²) in [6.07, 6.45) is -1.53. The predicted octanol–water partition coefficient (Wildman–Crippen LogP) is -1.07. The number of nitrogens with one attached hydrogen (secondary N) is 1. The van der Waals surface area contributed by atoms with Crippen LogP contribution in [0.15, 0.2) is 24.3 Å². The van der Waals surface area contributed by atoms with Gasteiger partial charge in [0.2, 0.25) is 5.91 Å². The molecule has 1 amide bonds. The molecule has 136 valence electrons. The number of aromatic hydroxyl groups is 2. The van der Waals surface area contributed by atoms with Crippen LogP contribution in [0.1, 0.15) is 18.4 Å². The van der Waals surface area contributed by atoms with E-state index in [0.717, 1.165) is 6.08 Å². The highest BCUT2D eigenvalue weighted by Crippen LogP contribution is 2.29. The first kappa shape index (κ1) is 18.7. The van der Waals surface area contributed by atoms with Gasteiger partial charge in [0, 0.05) is 18.9 Å². The van der Waals surface area contributed by atoms with Crippen molar-refractivity contribution < 1.29 is 40.2 Å². The highest BCUT2D eigenvalue weighted by molar-refractivity contribution is 5.92. The van der Waals surface area contributed by atoms with Crippen LogP contribution in [-0.2, 0) is 9.59 Å². The molecule has 0 radical (unpaired) electrons. The first-order valence-electron chi connectivity index (χ1n) is 7.45. The Balaban J connectivity index is 2.06. The minimum Gasteiger partial charge on any atom is -0.504 e. The Morgan fingerprint density at radius 1 is 1.16 bits per heavy atom. The number of rotatable bonds is 4. The monoisotopic (exact) mass is 353 g/mol. The lowest BCUT2D eigenvalue weighted by Crippen LogP contribution is -2.60. The quantitative estimate of drug-likeness (QED) is 0.265. The standard InChI is InChI=1S/C16H19NO8/c18-10-3-1-8(5-11(10)19)2-4-13(21)17-9-6-16(25,15(23)24)7-12(20)14(9)22/h1-5,9,12,14,18-20,22,25H,6-7H2,(H,17,21)(H,23,24)/b4-2+/t9-,12+,14-,16+/m0/s1. The minimum atomic E-state index is -2.25. The van der Waals surface area contributed by atoms with Crippen molar-refractivity contribution in [2.24, 2.45) is 0 Å². The third kappa shape index (κ3) is 4.27. The van der Waals surface area contributed by atoms with Crippen molar-refractivity contribution in [2.45, 2.75) is 36.7 Å². The Kier molecular flexibility index (Phi) is 5.31. The molecular weight excluding hydrogens is 334 g/mol. The van der Waals surface area contributed by atoms with Crippen LogP contribution in [0.5, 0.6) is 11.5 Å². The molecule has 0 spiro atoms. The number of carbonyl (C=O) groups excluding carboxylic acids is 1. The third-order valence-electron chi connectivity index (χ3n) is 4.06. The summed E-state index contributed by atoms with van der Waals surface area (Å²) in [7, 11) is 0. The zero-order valence-electron chi connectivity index (χ0n) is 13.0. The fourth-order valence-corrected chi connectivity index (χ4v) is 2.66. The number of phenolic OH excluding ortho intramolecular Hbond substituents is 2. The van der Waals surface area contributed by atoms with Crippen molar-refractivity contribution in [1.82, 2.24) is 5.32 Å². The van der Waals surface area contributed by atoms with Crippen LogP contribution in [-0.4, -0.2) is 66.4 Å². The average molecular weight is 353 g/mol. The van der Waals surface area contributed by atoms with Gasteiger partial charge >= 0.3 is 5.97 Å². The molecule has 9 nitrogen and oxygen atoms in total. The van der Waals surface area contributed by atoms with Gasteiger partial charge < -0.3 is 36.0 Å². The number of benzene rings is 1. The molecule has 1 aromatic rings. The summed E-state index contributed by atoms with van der Waals surface area (Å²) in [5.41, 5.74) is -1.83. The topological polar surface area (TPSA) is 168 Å². The van der Waals surface area contributed by atoms with Crippen molar-refractivity contribution in [3.05, 3.63) is 29.8 Å². The molecule has 0 saturated heterocycles. The van der Waals surface area contributed by atoms with Gasteiger partial charge in [0.15, 0.2) is 17.1 Å². The van der Waals surface area contributed by atoms with E-state index >= 15 is 0 Å². The highest BCUT2D eigenvalue weighted by Gasteiger charge is 2.49. The molecule has 0 bridgehead atoms. The van der Waals surface area contributed by atoms with Gasteiger partial charge in [-0.3, -0.25) is 4.79 Å². The number of phenols is 2. The molecule has 7 N–H and O–H groups in total. The molecule has 0 aliphatic heterocycles. The number of hydrogen-bond donors (Lipinski definition) is 7. The van der Waals surface area contributed by atoms with Crippen LogP contribution in [0.25, 0.3) is 6.08 Å². The third-order valence-corrected chi connectivity index (χ3v) is 4.06. The number of carboxylic acid groups (broad SMARTS) is 1. The summed E-state index contributed by atoms with van der Waals surface area (Å²) in [6, 6.07) is 2.75. The summed E-state index contributed by atoms with van der Waals surface area (Å²) in [4.78, 5) is 23.1. The summed E-state index contributed by atoms with van der Waals surface area (Å²) in [6.45, 7) is 0. The summed E-state index contributed by atoms with van der Waals surface area (Å²) >= 11 is 0. The second kappa shape index (κ2) is 7.09. The lowest BCUT2D eigenvalue weighted by molar-refractivity contribution is -0.175. The molecule has 4 atom stereocenters. The second-order valence-corrected chi connectivity index (χ2v) is 6.00. The molecule has 1 fully saturated rings. The maximum Gasteiger partial charge on any atom is 0.335 e. The molecule has 0 aromatic heterocycles. The molecule has 0 unspecified atom stereocenters. The van der Waals surface area contributed by atoms with Gasteiger partial charge in [0.05, 0.1) is 12.1 Å². The zero-order chi connectivity index (χ0) is 18.8. The normalized spacial score (nSPS) is 29.5.